The molecule has 1 aliphatic rings. The van der Waals surface area contributed by atoms with Crippen molar-refractivity contribution in [3.8, 4) is 0 Å². The minimum atomic E-state index is 0.0399. The molecule has 0 aliphatic carbocycles. The van der Waals surface area contributed by atoms with Gasteiger partial charge < -0.3 is 10.2 Å². The lowest BCUT2D eigenvalue weighted by Crippen LogP contribution is -2.36. The van der Waals surface area contributed by atoms with Crippen molar-refractivity contribution in [1.82, 2.24) is 10.2 Å². The van der Waals surface area contributed by atoms with Gasteiger partial charge in [0, 0.05) is 30.8 Å². The van der Waals surface area contributed by atoms with Crippen LogP contribution in [0.5, 0.6) is 0 Å². The van der Waals surface area contributed by atoms with Gasteiger partial charge in [-0.15, -0.1) is 11.8 Å². The van der Waals surface area contributed by atoms with E-state index in [1.807, 2.05) is 31.1 Å². The highest BCUT2D eigenvalue weighted by molar-refractivity contribution is 7.99. The number of likely N-dealkylation sites (N-methyl/N-ethyl adjacent to an activating group) is 2. The number of hydrogen-bond donors (Lipinski definition) is 1. The first kappa shape index (κ1) is 12.5. The van der Waals surface area contributed by atoms with Crippen LogP contribution in [-0.2, 0) is 4.79 Å². The van der Waals surface area contributed by atoms with Crippen LogP contribution in [0.4, 0.5) is 0 Å². The van der Waals surface area contributed by atoms with Crippen molar-refractivity contribution in [2.24, 2.45) is 0 Å². The number of nitrogens with zero attached hydrogens (tertiary/aromatic N) is 1. The Bertz CT molecular complexity index is 408. The summed E-state index contributed by atoms with van der Waals surface area (Å²) >= 11 is 1.78. The van der Waals surface area contributed by atoms with Crippen molar-refractivity contribution in [2.45, 2.75) is 10.8 Å². The monoisotopic (exact) mass is 250 g/mol. The Hall–Kier alpha value is -1.00. The normalized spacial score (nSPS) is 17.9. The van der Waals surface area contributed by atoms with E-state index in [-0.39, 0.29) is 11.8 Å². The van der Waals surface area contributed by atoms with E-state index in [0.717, 1.165) is 18.8 Å². The molecule has 1 aliphatic heterocycles. The predicted molar refractivity (Wildman–Crippen MR) is 71.5 cm³/mol. The molecular formula is C13H18N2OS. The Balaban J connectivity index is 2.07. The van der Waals surface area contributed by atoms with Crippen LogP contribution in [-0.4, -0.2) is 43.7 Å². The number of nitrogens with one attached hydrogen (secondary N) is 1. The summed E-state index contributed by atoms with van der Waals surface area (Å²) in [5.74, 6) is 1.15. The average Bonchev–Trinajstić information content (AvgIpc) is 2.78. The number of fused-ring (bicyclic) bond motifs is 1. The molecule has 1 atom stereocenters. The van der Waals surface area contributed by atoms with Gasteiger partial charge in [-0.05, 0) is 18.7 Å². The molecule has 0 fully saturated rings. The largest absolute Gasteiger partial charge is 0.344 e. The van der Waals surface area contributed by atoms with E-state index in [4.69, 9.17) is 0 Å². The van der Waals surface area contributed by atoms with Gasteiger partial charge in [-0.2, -0.15) is 0 Å². The number of thioether (sulfide) groups is 1. The second-order valence-electron chi connectivity index (χ2n) is 4.26. The number of carbonyl (C=O) groups is 1. The van der Waals surface area contributed by atoms with Crippen LogP contribution in [0.1, 0.15) is 11.5 Å². The Labute approximate surface area is 107 Å². The second kappa shape index (κ2) is 5.56. The van der Waals surface area contributed by atoms with Crippen LogP contribution in [0.15, 0.2) is 29.2 Å². The van der Waals surface area contributed by atoms with Gasteiger partial charge in [0.15, 0.2) is 0 Å². The summed E-state index contributed by atoms with van der Waals surface area (Å²) in [4.78, 5) is 15.4. The zero-order chi connectivity index (χ0) is 12.3. The number of hydrogen-bond acceptors (Lipinski definition) is 3. The highest BCUT2D eigenvalue weighted by atomic mass is 32.2. The van der Waals surface area contributed by atoms with Crippen molar-refractivity contribution in [2.75, 3.05) is 32.9 Å². The molecule has 1 unspecified atom stereocenters. The zero-order valence-electron chi connectivity index (χ0n) is 10.3. The molecule has 0 saturated heterocycles. The topological polar surface area (TPSA) is 32.3 Å². The molecule has 4 heteroatoms. The molecule has 1 amide bonds. The number of amides is 1. The number of benzene rings is 1. The third-order valence-corrected chi connectivity index (χ3v) is 4.25. The first-order valence-electron chi connectivity index (χ1n) is 5.85. The molecule has 1 N–H and O–H groups in total. The van der Waals surface area contributed by atoms with Gasteiger partial charge in [0.05, 0.1) is 5.92 Å². The predicted octanol–water partition coefficient (Wildman–Crippen LogP) is 1.55. The lowest BCUT2D eigenvalue weighted by molar-refractivity contribution is -0.130. The van der Waals surface area contributed by atoms with E-state index in [2.05, 4.69) is 17.4 Å². The molecule has 0 bridgehead atoms. The van der Waals surface area contributed by atoms with Crippen molar-refractivity contribution < 1.29 is 4.79 Å². The van der Waals surface area contributed by atoms with Gasteiger partial charge >= 0.3 is 0 Å². The lowest BCUT2D eigenvalue weighted by Gasteiger charge is -2.21. The number of carbonyl (C=O) groups excluding carboxylic acids is 1. The zero-order valence-corrected chi connectivity index (χ0v) is 11.1. The fourth-order valence-electron chi connectivity index (χ4n) is 2.02. The minimum Gasteiger partial charge on any atom is -0.344 e. The molecular weight excluding hydrogens is 232 g/mol. The number of rotatable bonds is 4. The molecule has 0 radical (unpaired) electrons. The third-order valence-electron chi connectivity index (χ3n) is 3.07. The Kier molecular flexibility index (Phi) is 4.07. The van der Waals surface area contributed by atoms with E-state index < -0.39 is 0 Å². The molecule has 1 aromatic rings. The van der Waals surface area contributed by atoms with E-state index in [1.54, 1.807) is 11.8 Å². The minimum absolute atomic E-state index is 0.0399. The molecule has 1 heterocycles. The maximum atomic E-state index is 12.3. The van der Waals surface area contributed by atoms with Gasteiger partial charge in [0.2, 0.25) is 5.91 Å². The van der Waals surface area contributed by atoms with Crippen LogP contribution < -0.4 is 5.32 Å². The van der Waals surface area contributed by atoms with Gasteiger partial charge in [0.25, 0.3) is 0 Å². The standard InChI is InChI=1S/C13H18N2OS/c1-14-7-8-15(2)13(16)11-9-17-12-6-4-3-5-10(11)12/h3-6,11,14H,7-9H2,1-2H3. The maximum absolute atomic E-state index is 12.3. The molecule has 1 aromatic carbocycles. The fraction of sp³-hybridized carbons (Fsp3) is 0.462. The summed E-state index contributed by atoms with van der Waals surface area (Å²) in [6, 6.07) is 8.21. The van der Waals surface area contributed by atoms with E-state index in [9.17, 15) is 4.79 Å². The quantitative estimate of drug-likeness (QED) is 0.880. The summed E-state index contributed by atoms with van der Waals surface area (Å²) in [7, 11) is 3.78. The molecule has 3 nitrogen and oxygen atoms in total. The molecule has 0 spiro atoms. The first-order chi connectivity index (χ1) is 8.24. The van der Waals surface area contributed by atoms with Gasteiger partial charge in [0.1, 0.15) is 0 Å². The van der Waals surface area contributed by atoms with Crippen molar-refractivity contribution >= 4 is 17.7 Å². The third kappa shape index (κ3) is 2.64. The molecule has 17 heavy (non-hydrogen) atoms. The highest BCUT2D eigenvalue weighted by Crippen LogP contribution is 2.39. The second-order valence-corrected chi connectivity index (χ2v) is 5.33. The molecule has 2 rings (SSSR count). The van der Waals surface area contributed by atoms with Crippen LogP contribution >= 0.6 is 11.8 Å². The summed E-state index contributed by atoms with van der Waals surface area (Å²) < 4.78 is 0. The summed E-state index contributed by atoms with van der Waals surface area (Å²) in [6.07, 6.45) is 0. The van der Waals surface area contributed by atoms with E-state index in [1.165, 1.54) is 10.5 Å². The first-order valence-corrected chi connectivity index (χ1v) is 6.84. The Morgan fingerprint density at radius 3 is 3.06 bits per heavy atom. The van der Waals surface area contributed by atoms with Crippen molar-refractivity contribution in [1.29, 1.82) is 0 Å². The van der Waals surface area contributed by atoms with Crippen molar-refractivity contribution in [3.63, 3.8) is 0 Å². The van der Waals surface area contributed by atoms with Gasteiger partial charge in [-0.3, -0.25) is 4.79 Å². The van der Waals surface area contributed by atoms with E-state index >= 15 is 0 Å². The SMILES string of the molecule is CNCCN(C)C(=O)C1CSc2ccccc21. The molecule has 0 aromatic heterocycles. The maximum Gasteiger partial charge on any atom is 0.230 e. The highest BCUT2D eigenvalue weighted by Gasteiger charge is 2.30. The summed E-state index contributed by atoms with van der Waals surface area (Å²) in [5, 5.41) is 3.06. The molecule has 92 valence electrons. The van der Waals surface area contributed by atoms with Crippen LogP contribution in [0.25, 0.3) is 0 Å². The van der Waals surface area contributed by atoms with E-state index in [0.29, 0.717) is 0 Å². The van der Waals surface area contributed by atoms with Crippen LogP contribution in [0, 0.1) is 0 Å². The smallest absolute Gasteiger partial charge is 0.230 e. The van der Waals surface area contributed by atoms with Gasteiger partial charge in [-0.25, -0.2) is 0 Å². The van der Waals surface area contributed by atoms with Crippen molar-refractivity contribution in [3.05, 3.63) is 29.8 Å². The van der Waals surface area contributed by atoms with Crippen LogP contribution in [0.3, 0.4) is 0 Å². The summed E-state index contributed by atoms with van der Waals surface area (Å²) in [6.45, 7) is 1.60. The average molecular weight is 250 g/mol. The van der Waals surface area contributed by atoms with Gasteiger partial charge in [-0.1, -0.05) is 18.2 Å². The van der Waals surface area contributed by atoms with Crippen LogP contribution in [0.2, 0.25) is 0 Å². The lowest BCUT2D eigenvalue weighted by atomic mass is 10.00. The Morgan fingerprint density at radius 1 is 1.53 bits per heavy atom. The Morgan fingerprint density at radius 2 is 2.29 bits per heavy atom. The summed E-state index contributed by atoms with van der Waals surface area (Å²) in [5.41, 5.74) is 1.19. The fourth-order valence-corrected chi connectivity index (χ4v) is 3.24. The molecule has 0 saturated carbocycles.